The fourth-order valence-corrected chi connectivity index (χ4v) is 11.2. The summed E-state index contributed by atoms with van der Waals surface area (Å²) < 4.78 is 207. The zero-order valence-corrected chi connectivity index (χ0v) is 56.9. The minimum Gasteiger partial charge on any atom is -0.400 e. The van der Waals surface area contributed by atoms with E-state index in [1.54, 1.807) is 32.0 Å². The van der Waals surface area contributed by atoms with Gasteiger partial charge in [-0.2, -0.15) is 52.7 Å². The summed E-state index contributed by atoms with van der Waals surface area (Å²) in [5, 5.41) is 7.00. The topological polar surface area (TPSA) is 94.1 Å². The van der Waals surface area contributed by atoms with E-state index in [9.17, 15) is 52.7 Å². The number of rotatable bonds is 19. The molecule has 0 amide bonds. The van der Waals surface area contributed by atoms with Crippen LogP contribution < -0.4 is 10.9 Å². The van der Waals surface area contributed by atoms with E-state index >= 15 is 0 Å². The van der Waals surface area contributed by atoms with E-state index in [4.69, 9.17) is 23.7 Å². The van der Waals surface area contributed by atoms with Crippen LogP contribution in [0.15, 0.2) is 72.8 Å². The average molecular weight is 1400 g/mol. The number of benzene rings is 4. The van der Waals surface area contributed by atoms with E-state index in [-0.39, 0.29) is 40.8 Å². The first-order chi connectivity index (χ1) is 40.4. The van der Waals surface area contributed by atoms with Gasteiger partial charge in [0.05, 0.1) is 22.4 Å². The van der Waals surface area contributed by atoms with Gasteiger partial charge in [0.25, 0.3) is 5.60 Å². The van der Waals surface area contributed by atoms with Gasteiger partial charge in [-0.1, -0.05) is 119 Å². The Morgan fingerprint density at radius 3 is 1.09 bits per heavy atom. The molecular weight excluding hydrogens is 1300 g/mol. The number of ether oxygens (including phenoxy) is 4. The molecule has 24 heteroatoms. The Morgan fingerprint density at radius 2 is 0.791 bits per heavy atom. The van der Waals surface area contributed by atoms with Crippen LogP contribution >= 0.6 is 0 Å². The van der Waals surface area contributed by atoms with Gasteiger partial charge in [-0.3, -0.25) is 0 Å². The first-order valence-corrected chi connectivity index (χ1v) is 29.1. The van der Waals surface area contributed by atoms with E-state index in [2.05, 4.69) is 56.9 Å². The normalized spacial score (nSPS) is 16.4. The number of aliphatic hydroxyl groups excluding tert-OH is 1. The van der Waals surface area contributed by atoms with Gasteiger partial charge in [-0.15, -0.1) is 0 Å². The molecule has 91 heavy (non-hydrogen) atoms. The van der Waals surface area contributed by atoms with Crippen molar-refractivity contribution >= 4 is 25.2 Å². The van der Waals surface area contributed by atoms with Crippen LogP contribution in [0.2, 0.25) is 0 Å². The van der Waals surface area contributed by atoms with Gasteiger partial charge in [0.1, 0.15) is 13.6 Å². The van der Waals surface area contributed by atoms with Crippen LogP contribution in [0.1, 0.15) is 178 Å². The second-order valence-corrected chi connectivity index (χ2v) is 24.4. The summed E-state index contributed by atoms with van der Waals surface area (Å²) in [5.74, 6) is 3.44. The van der Waals surface area contributed by atoms with Crippen LogP contribution in [0.5, 0.6) is 0 Å². The van der Waals surface area contributed by atoms with Crippen molar-refractivity contribution in [3.63, 3.8) is 0 Å². The number of hydrogen-bond acceptors (Lipinski definition) is 9. The van der Waals surface area contributed by atoms with Gasteiger partial charge in [0, 0.05) is 58.1 Å². The zero-order chi connectivity index (χ0) is 67.3. The van der Waals surface area contributed by atoms with Crippen molar-refractivity contribution in [1.82, 2.24) is 0 Å². The molecule has 2 heterocycles. The summed E-state index contributed by atoms with van der Waals surface area (Å²) in [7, 11) is 1.87. The third-order valence-electron chi connectivity index (χ3n) is 18.4. The van der Waals surface area contributed by atoms with Crippen molar-refractivity contribution in [2.24, 2.45) is 0 Å². The standard InChI is InChI=1S/C32H43BF6O4.C32H39BF6O4.CH4O.CH4.CH3.Pd/c2*1-10-29(11-2,25-14-15-26(22(4)19-25)33-42-27(5,6)28(7,8)43-33)24-13-12-23(21(3)18-24)16-17-30(31(34,35)36,32(37,38)39)41-20-40-9;1-2;;;/h12-15,18-19H,10-11,16-17,20H2,1-9H3;12-15,18-19H,10-11,20H2,1-9H3;2H,1H3;1H4;1H3;/q;;;;-1;. The van der Waals surface area contributed by atoms with Gasteiger partial charge in [0.2, 0.25) is 0 Å². The molecule has 2 saturated heterocycles. The van der Waals surface area contributed by atoms with E-state index in [1.807, 2.05) is 113 Å². The molecule has 2 aliphatic rings. The quantitative estimate of drug-likeness (QED) is 0.0324. The summed E-state index contributed by atoms with van der Waals surface area (Å²) in [5.41, 5.74) is -2.69. The Hall–Kier alpha value is -3.97. The predicted octanol–water partition coefficient (Wildman–Crippen LogP) is 16.4. The van der Waals surface area contributed by atoms with E-state index < -0.39 is 110 Å². The molecule has 0 unspecified atom stereocenters. The molecule has 0 saturated carbocycles. The van der Waals surface area contributed by atoms with Gasteiger partial charge in [0.15, 0.2) is 0 Å². The minimum atomic E-state index is -5.85. The molecule has 1 N–H and O–H groups in total. The molecule has 2 aliphatic heterocycles. The van der Waals surface area contributed by atoms with Crippen molar-refractivity contribution in [1.29, 1.82) is 0 Å². The van der Waals surface area contributed by atoms with Gasteiger partial charge in [-0.05, 0) is 183 Å². The van der Waals surface area contributed by atoms with Gasteiger partial charge >= 0.3 is 44.5 Å². The Balaban J connectivity index is 0.000000858. The van der Waals surface area contributed by atoms with Crippen molar-refractivity contribution in [2.75, 3.05) is 34.9 Å². The number of aliphatic hydroxyl groups is 1. The molecule has 6 rings (SSSR count). The third kappa shape index (κ3) is 17.2. The first-order valence-electron chi connectivity index (χ1n) is 29.1. The Bertz CT molecular complexity index is 2990. The van der Waals surface area contributed by atoms with Crippen LogP contribution in [-0.4, -0.2) is 113 Å². The summed E-state index contributed by atoms with van der Waals surface area (Å²) in [4.78, 5) is 0. The van der Waals surface area contributed by atoms with Crippen molar-refractivity contribution in [2.45, 2.75) is 226 Å². The van der Waals surface area contributed by atoms with Crippen molar-refractivity contribution in [3.05, 3.63) is 136 Å². The SMILES string of the molecule is C.CCC(CC)(c1ccc(C#CC(OCOC)(C(F)(F)F)C(F)(F)F)c(C)c1)c1ccc(B2OC(C)(C)C(C)(C)O2)c(C)c1.CCC(CC)(c1ccc(CCC(OCOC)(C(F)(F)F)C(F)(F)F)c(C)c1)c1ccc(B2OC(C)(C)C(C)(C)O2)c(C)c1.CO.[CH3-].[Pd]. The summed E-state index contributed by atoms with van der Waals surface area (Å²) in [6.45, 7) is 29.1. The molecule has 0 bridgehead atoms. The van der Waals surface area contributed by atoms with Gasteiger partial charge in [-0.25, -0.2) is 0 Å². The third-order valence-corrected chi connectivity index (χ3v) is 18.4. The molecule has 9 nitrogen and oxygen atoms in total. The number of methoxy groups -OCH3 is 2. The summed E-state index contributed by atoms with van der Waals surface area (Å²) in [6, 6.07) is 22.5. The molecule has 2 fully saturated rings. The van der Waals surface area contributed by atoms with Crippen LogP contribution in [-0.2, 0) is 75.2 Å². The number of hydrogen-bond donors (Lipinski definition) is 1. The average Bonchev–Trinajstić information content (AvgIpc) is 0.825. The zero-order valence-electron chi connectivity index (χ0n) is 55.3. The van der Waals surface area contributed by atoms with Crippen molar-refractivity contribution in [3.8, 4) is 11.8 Å². The summed E-state index contributed by atoms with van der Waals surface area (Å²) in [6.07, 6.45) is -22.0. The predicted molar refractivity (Wildman–Crippen MR) is 331 cm³/mol. The van der Waals surface area contributed by atoms with Crippen LogP contribution in [0.4, 0.5) is 52.7 Å². The summed E-state index contributed by atoms with van der Waals surface area (Å²) >= 11 is 0. The fraction of sp³-hybridized carbons (Fsp3) is 0.597. The molecule has 4 aromatic rings. The van der Waals surface area contributed by atoms with Crippen LogP contribution in [0.25, 0.3) is 0 Å². The Kier molecular flexibility index (Phi) is 29.6. The van der Waals surface area contributed by atoms with Crippen molar-refractivity contribution < 1.29 is 116 Å². The molecule has 0 radical (unpaired) electrons. The molecule has 0 aliphatic carbocycles. The smallest absolute Gasteiger partial charge is 0.400 e. The molecule has 0 aromatic heterocycles. The maximum absolute atomic E-state index is 13.8. The first kappa shape index (κ1) is 85.0. The second kappa shape index (κ2) is 31.7. The molecular formula is C67H93B2F12O9Pd-. The minimum absolute atomic E-state index is 0. The van der Waals surface area contributed by atoms with E-state index in [0.717, 1.165) is 78.5 Å². The number of aryl methyl sites for hydroxylation is 5. The van der Waals surface area contributed by atoms with E-state index in [0.29, 0.717) is 29.5 Å². The molecule has 0 spiro atoms. The largest absolute Gasteiger partial charge is 0.495 e. The maximum Gasteiger partial charge on any atom is 0.495 e. The maximum atomic E-state index is 13.8. The number of halogens is 12. The van der Waals surface area contributed by atoms with Crippen LogP contribution in [0, 0.1) is 47.0 Å². The molecule has 516 valence electrons. The van der Waals surface area contributed by atoms with E-state index in [1.165, 1.54) is 12.0 Å². The monoisotopic (exact) mass is 1400 g/mol. The fourth-order valence-electron chi connectivity index (χ4n) is 11.2. The van der Waals surface area contributed by atoms with Gasteiger partial charge < -0.3 is 50.1 Å². The van der Waals surface area contributed by atoms with Crippen LogP contribution in [0.3, 0.4) is 0 Å². The second-order valence-electron chi connectivity index (χ2n) is 24.4. The molecule has 4 aromatic carbocycles. The Labute approximate surface area is 547 Å². The molecule has 0 atom stereocenters. The number of alkyl halides is 12. The Morgan fingerprint density at radius 1 is 0.473 bits per heavy atom.